The van der Waals surface area contributed by atoms with E-state index in [-0.39, 0.29) is 23.4 Å². The zero-order valence-electron chi connectivity index (χ0n) is 24.5. The predicted octanol–water partition coefficient (Wildman–Crippen LogP) is 5.67. The molecule has 0 heterocycles. The fraction of sp³-hybridized carbons (Fsp3) is 0.394. The lowest BCUT2D eigenvalue weighted by Crippen LogP contribution is -2.53. The van der Waals surface area contributed by atoms with Gasteiger partial charge >= 0.3 is 0 Å². The highest BCUT2D eigenvalue weighted by molar-refractivity contribution is 7.92. The Morgan fingerprint density at radius 3 is 2.05 bits per heavy atom. The van der Waals surface area contributed by atoms with E-state index in [0.717, 1.165) is 52.2 Å². The molecule has 2 amide bonds. The van der Waals surface area contributed by atoms with E-state index in [1.165, 1.54) is 0 Å². The van der Waals surface area contributed by atoms with E-state index in [4.69, 9.17) is 0 Å². The Morgan fingerprint density at radius 2 is 1.46 bits per heavy atom. The molecule has 41 heavy (non-hydrogen) atoms. The molecule has 0 saturated heterocycles. The van der Waals surface area contributed by atoms with Gasteiger partial charge in [-0.2, -0.15) is 0 Å². The number of anilines is 1. The third-order valence-electron chi connectivity index (χ3n) is 7.90. The summed E-state index contributed by atoms with van der Waals surface area (Å²) in [5, 5.41) is 3.15. The number of carbonyl (C=O) groups is 2. The molecule has 3 aromatic rings. The number of nitrogens with one attached hydrogen (secondary N) is 1. The number of aryl methyl sites for hydroxylation is 3. The molecule has 0 aromatic heterocycles. The van der Waals surface area contributed by atoms with Crippen LogP contribution in [-0.2, 0) is 26.2 Å². The van der Waals surface area contributed by atoms with Gasteiger partial charge in [-0.15, -0.1) is 0 Å². The number of hydrogen-bond donors (Lipinski definition) is 1. The minimum absolute atomic E-state index is 0.105. The summed E-state index contributed by atoms with van der Waals surface area (Å²) in [5.41, 5.74) is 4.22. The minimum Gasteiger partial charge on any atom is -0.352 e. The highest BCUT2D eigenvalue weighted by Gasteiger charge is 2.34. The van der Waals surface area contributed by atoms with E-state index in [0.29, 0.717) is 12.1 Å². The van der Waals surface area contributed by atoms with Gasteiger partial charge in [-0.25, -0.2) is 8.42 Å². The van der Waals surface area contributed by atoms with Crippen LogP contribution in [0.3, 0.4) is 0 Å². The summed E-state index contributed by atoms with van der Waals surface area (Å²) in [4.78, 5) is 29.4. The largest absolute Gasteiger partial charge is 0.352 e. The molecule has 8 heteroatoms. The van der Waals surface area contributed by atoms with Crippen LogP contribution in [0.4, 0.5) is 5.69 Å². The lowest BCUT2D eigenvalue weighted by molar-refractivity contribution is -0.140. The van der Waals surface area contributed by atoms with Crippen molar-refractivity contribution in [2.45, 2.75) is 83.3 Å². The Kier molecular flexibility index (Phi) is 9.86. The normalized spacial score (nSPS) is 14.4. The number of sulfonamides is 1. The van der Waals surface area contributed by atoms with Crippen molar-refractivity contribution in [3.8, 4) is 0 Å². The fourth-order valence-corrected chi connectivity index (χ4v) is 6.75. The van der Waals surface area contributed by atoms with Crippen LogP contribution in [0.2, 0.25) is 0 Å². The van der Waals surface area contributed by atoms with Gasteiger partial charge in [0.15, 0.2) is 0 Å². The van der Waals surface area contributed by atoms with Crippen LogP contribution >= 0.6 is 0 Å². The number of nitrogens with zero attached hydrogens (tertiary/aromatic N) is 2. The Morgan fingerprint density at radius 1 is 0.878 bits per heavy atom. The molecule has 4 rings (SSSR count). The molecule has 0 unspecified atom stereocenters. The molecule has 1 N–H and O–H groups in total. The number of amides is 2. The van der Waals surface area contributed by atoms with Crippen LogP contribution in [0.25, 0.3) is 0 Å². The summed E-state index contributed by atoms with van der Waals surface area (Å²) in [6, 6.07) is 20.8. The van der Waals surface area contributed by atoms with E-state index in [1.807, 2.05) is 64.1 Å². The summed E-state index contributed by atoms with van der Waals surface area (Å²) in [5.74, 6) is -0.623. The van der Waals surface area contributed by atoms with Gasteiger partial charge in [-0.1, -0.05) is 79.4 Å². The first-order chi connectivity index (χ1) is 19.6. The molecule has 0 spiro atoms. The number of carbonyl (C=O) groups excluding carboxylic acids is 2. The lowest BCUT2D eigenvalue weighted by atomic mass is 10.1. The van der Waals surface area contributed by atoms with Crippen molar-refractivity contribution in [3.05, 3.63) is 95.1 Å². The maximum atomic E-state index is 14.2. The van der Waals surface area contributed by atoms with Gasteiger partial charge in [0.1, 0.15) is 12.6 Å². The van der Waals surface area contributed by atoms with Crippen molar-refractivity contribution in [2.24, 2.45) is 0 Å². The average Bonchev–Trinajstić information content (AvgIpc) is 3.46. The quantitative estimate of drug-likeness (QED) is 0.319. The van der Waals surface area contributed by atoms with Crippen molar-refractivity contribution in [1.82, 2.24) is 10.2 Å². The first-order valence-electron chi connectivity index (χ1n) is 14.4. The molecule has 1 aliphatic rings. The number of benzene rings is 3. The van der Waals surface area contributed by atoms with Gasteiger partial charge in [0.25, 0.3) is 10.0 Å². The number of hydrogen-bond acceptors (Lipinski definition) is 4. The SMILES string of the molecule is CC[C@H](C(=O)NC1CCCC1)N(Cc1ccccc1C)C(=O)CN(c1ccc(C)cc1)S(=O)(=O)c1ccc(C)cc1. The summed E-state index contributed by atoms with van der Waals surface area (Å²) >= 11 is 0. The predicted molar refractivity (Wildman–Crippen MR) is 163 cm³/mol. The van der Waals surface area contributed by atoms with Gasteiger partial charge in [0.05, 0.1) is 10.6 Å². The number of rotatable bonds is 11. The molecule has 1 fully saturated rings. The monoisotopic (exact) mass is 575 g/mol. The van der Waals surface area contributed by atoms with Gasteiger partial charge in [-0.3, -0.25) is 13.9 Å². The molecule has 0 aliphatic heterocycles. The molecule has 7 nitrogen and oxygen atoms in total. The van der Waals surface area contributed by atoms with Crippen molar-refractivity contribution in [1.29, 1.82) is 0 Å². The summed E-state index contributed by atoms with van der Waals surface area (Å²) < 4.78 is 29.1. The molecule has 3 aromatic carbocycles. The smallest absolute Gasteiger partial charge is 0.264 e. The Bertz CT molecular complexity index is 1450. The molecule has 0 bridgehead atoms. The standard InChI is InChI=1S/C33H41N3O4S/c1-5-31(33(38)34-28-12-8-9-13-28)35(22-27-11-7-6-10-26(27)4)32(37)23-36(29-18-14-24(2)15-19-29)41(39,40)30-20-16-25(3)17-21-30/h6-7,10-11,14-21,28,31H,5,8-9,12-13,22-23H2,1-4H3,(H,34,38)/t31-/m1/s1. The van der Waals surface area contributed by atoms with Gasteiger partial charge in [0, 0.05) is 12.6 Å². The third kappa shape index (κ3) is 7.36. The summed E-state index contributed by atoms with van der Waals surface area (Å²) in [7, 11) is -4.08. The maximum absolute atomic E-state index is 14.2. The highest BCUT2D eigenvalue weighted by Crippen LogP contribution is 2.26. The van der Waals surface area contributed by atoms with Gasteiger partial charge < -0.3 is 10.2 Å². The highest BCUT2D eigenvalue weighted by atomic mass is 32.2. The average molecular weight is 576 g/mol. The van der Waals surface area contributed by atoms with E-state index in [2.05, 4.69) is 5.32 Å². The maximum Gasteiger partial charge on any atom is 0.264 e. The second-order valence-electron chi connectivity index (χ2n) is 11.0. The third-order valence-corrected chi connectivity index (χ3v) is 9.69. The lowest BCUT2D eigenvalue weighted by Gasteiger charge is -2.34. The van der Waals surface area contributed by atoms with Crippen molar-refractivity contribution < 1.29 is 18.0 Å². The van der Waals surface area contributed by atoms with Crippen LogP contribution in [0.1, 0.15) is 61.3 Å². The van der Waals surface area contributed by atoms with Crippen LogP contribution in [-0.4, -0.2) is 43.8 Å². The molecule has 0 radical (unpaired) electrons. The fourth-order valence-electron chi connectivity index (χ4n) is 5.34. The Balaban J connectivity index is 1.72. The Hall–Kier alpha value is -3.65. The van der Waals surface area contributed by atoms with Gasteiger partial charge in [-0.05, 0) is 75.4 Å². The topological polar surface area (TPSA) is 86.8 Å². The molecule has 1 atom stereocenters. The second-order valence-corrected chi connectivity index (χ2v) is 12.9. The zero-order chi connectivity index (χ0) is 29.6. The summed E-state index contributed by atoms with van der Waals surface area (Å²) in [6.07, 6.45) is 4.44. The van der Waals surface area contributed by atoms with E-state index >= 15 is 0 Å². The first kappa shape index (κ1) is 30.3. The van der Waals surface area contributed by atoms with E-state index < -0.39 is 28.5 Å². The zero-order valence-corrected chi connectivity index (χ0v) is 25.3. The van der Waals surface area contributed by atoms with Crippen LogP contribution in [0.5, 0.6) is 0 Å². The molecule has 1 aliphatic carbocycles. The first-order valence-corrected chi connectivity index (χ1v) is 15.8. The van der Waals surface area contributed by atoms with Crippen molar-refractivity contribution >= 4 is 27.5 Å². The van der Waals surface area contributed by atoms with Gasteiger partial charge in [0.2, 0.25) is 11.8 Å². The van der Waals surface area contributed by atoms with Crippen molar-refractivity contribution in [2.75, 3.05) is 10.8 Å². The van der Waals surface area contributed by atoms with E-state index in [1.54, 1.807) is 41.3 Å². The van der Waals surface area contributed by atoms with E-state index in [9.17, 15) is 18.0 Å². The van der Waals surface area contributed by atoms with Crippen LogP contribution in [0.15, 0.2) is 77.7 Å². The second kappa shape index (κ2) is 13.3. The molecular formula is C33H41N3O4S. The Labute approximate surface area is 244 Å². The molecule has 218 valence electrons. The molecule has 1 saturated carbocycles. The minimum atomic E-state index is -4.08. The van der Waals surface area contributed by atoms with Crippen LogP contribution < -0.4 is 9.62 Å². The van der Waals surface area contributed by atoms with Crippen LogP contribution in [0, 0.1) is 20.8 Å². The summed E-state index contributed by atoms with van der Waals surface area (Å²) in [6.45, 7) is 7.44. The molecular weight excluding hydrogens is 534 g/mol. The van der Waals surface area contributed by atoms with Crippen molar-refractivity contribution in [3.63, 3.8) is 0 Å².